The van der Waals surface area contributed by atoms with Crippen molar-refractivity contribution in [2.24, 2.45) is 7.05 Å². The molecule has 0 spiro atoms. The molecule has 1 unspecified atom stereocenters. The molecule has 0 aliphatic carbocycles. The first kappa shape index (κ1) is 21.5. The van der Waals surface area contributed by atoms with Crippen molar-refractivity contribution in [1.29, 1.82) is 0 Å². The van der Waals surface area contributed by atoms with Crippen LogP contribution in [0.5, 0.6) is 5.75 Å². The number of carbonyl (C=O) groups excluding carboxylic acids is 1. The minimum Gasteiger partial charge on any atom is -0.488 e. The third kappa shape index (κ3) is 4.62. The lowest BCUT2D eigenvalue weighted by molar-refractivity contribution is 0.102. The lowest BCUT2D eigenvalue weighted by atomic mass is 10.1. The van der Waals surface area contributed by atoms with Gasteiger partial charge in [-0.05, 0) is 59.7 Å². The Hall–Kier alpha value is -2.78. The average Bonchev–Trinajstić information content (AvgIpc) is 3.27. The third-order valence-corrected chi connectivity index (χ3v) is 5.78. The Kier molecular flexibility index (Phi) is 6.06. The largest absolute Gasteiger partial charge is 0.488 e. The molecule has 3 aromatic rings. The van der Waals surface area contributed by atoms with E-state index in [-0.39, 0.29) is 11.7 Å². The molecule has 1 fully saturated rings. The summed E-state index contributed by atoms with van der Waals surface area (Å²) < 4.78 is 35.9. The molecule has 1 saturated heterocycles. The lowest BCUT2D eigenvalue weighted by Gasteiger charge is -2.18. The number of benzene rings is 2. The van der Waals surface area contributed by atoms with Crippen molar-refractivity contribution >= 4 is 27.5 Å². The second-order valence-corrected chi connectivity index (χ2v) is 8.40. The van der Waals surface area contributed by atoms with Crippen molar-refractivity contribution in [2.75, 3.05) is 25.5 Å². The third-order valence-electron chi connectivity index (χ3n) is 5.20. The van der Waals surface area contributed by atoms with Crippen LogP contribution in [0, 0.1) is 11.6 Å². The Morgan fingerprint density at radius 2 is 2.03 bits per heavy atom. The normalized spacial score (nSPS) is 16.5. The number of carbonyl (C=O) groups is 1. The van der Waals surface area contributed by atoms with E-state index in [0.29, 0.717) is 17.5 Å². The molecule has 9 heteroatoms. The van der Waals surface area contributed by atoms with Crippen LogP contribution >= 0.6 is 15.9 Å². The zero-order valence-electron chi connectivity index (χ0n) is 17.0. The maximum absolute atomic E-state index is 14.0. The van der Waals surface area contributed by atoms with Crippen molar-refractivity contribution in [3.63, 3.8) is 0 Å². The first-order chi connectivity index (χ1) is 14.8. The molecule has 2 aromatic carbocycles. The summed E-state index contributed by atoms with van der Waals surface area (Å²) in [5, 5.41) is 6.95. The van der Waals surface area contributed by atoms with Crippen LogP contribution in [0.3, 0.4) is 0 Å². The SMILES string of the molecule is CN1CCC(Oc2ccc(NC(=O)c3ccc(F)cc3F)cc2-c2c(Br)cnn2C)C1. The molecule has 0 bridgehead atoms. The van der Waals surface area contributed by atoms with Crippen molar-refractivity contribution in [3.05, 3.63) is 64.3 Å². The summed E-state index contributed by atoms with van der Waals surface area (Å²) in [6.07, 6.45) is 2.66. The van der Waals surface area contributed by atoms with E-state index in [1.54, 1.807) is 29.1 Å². The average molecular weight is 491 g/mol. The second kappa shape index (κ2) is 8.76. The van der Waals surface area contributed by atoms with Crippen molar-refractivity contribution in [3.8, 4) is 17.0 Å². The van der Waals surface area contributed by atoms with Gasteiger partial charge in [-0.15, -0.1) is 0 Å². The quantitative estimate of drug-likeness (QED) is 0.573. The number of hydrogen-bond acceptors (Lipinski definition) is 4. The zero-order valence-corrected chi connectivity index (χ0v) is 18.6. The zero-order chi connectivity index (χ0) is 22.1. The number of likely N-dealkylation sites (N-methyl/N-ethyl adjacent to an activating group) is 1. The predicted molar refractivity (Wildman–Crippen MR) is 117 cm³/mol. The molecule has 0 radical (unpaired) electrons. The van der Waals surface area contributed by atoms with E-state index in [2.05, 4.69) is 38.3 Å². The van der Waals surface area contributed by atoms with E-state index in [1.165, 1.54) is 0 Å². The first-order valence-corrected chi connectivity index (χ1v) is 10.5. The molecular weight excluding hydrogens is 470 g/mol. The standard InChI is InChI=1S/C22H21BrF2N4O2/c1-28-8-7-15(12-28)31-20-6-4-14(10-17(20)21-18(23)11-26-29(21)2)27-22(30)16-5-3-13(24)9-19(16)25/h3-6,9-11,15H,7-8,12H2,1-2H3,(H,27,30). The van der Waals surface area contributed by atoms with Gasteiger partial charge in [0.15, 0.2) is 0 Å². The highest BCUT2D eigenvalue weighted by molar-refractivity contribution is 9.10. The molecule has 31 heavy (non-hydrogen) atoms. The highest BCUT2D eigenvalue weighted by Crippen LogP contribution is 2.37. The van der Waals surface area contributed by atoms with Crippen LogP contribution in [-0.4, -0.2) is 46.8 Å². The van der Waals surface area contributed by atoms with Crippen LogP contribution in [0.4, 0.5) is 14.5 Å². The van der Waals surface area contributed by atoms with Crippen molar-refractivity contribution in [2.45, 2.75) is 12.5 Å². The van der Waals surface area contributed by atoms with Gasteiger partial charge in [0.1, 0.15) is 23.5 Å². The van der Waals surface area contributed by atoms with Gasteiger partial charge in [0.2, 0.25) is 0 Å². The number of nitrogens with zero attached hydrogens (tertiary/aromatic N) is 3. The van der Waals surface area contributed by atoms with Gasteiger partial charge in [0, 0.05) is 37.5 Å². The minimum atomic E-state index is -0.919. The van der Waals surface area contributed by atoms with Crippen LogP contribution in [0.15, 0.2) is 47.1 Å². The molecule has 1 N–H and O–H groups in total. The number of rotatable bonds is 5. The molecule has 0 saturated carbocycles. The van der Waals surface area contributed by atoms with Gasteiger partial charge < -0.3 is 15.0 Å². The van der Waals surface area contributed by atoms with E-state index >= 15 is 0 Å². The molecule has 1 amide bonds. The molecule has 1 aromatic heterocycles. The number of nitrogens with one attached hydrogen (secondary N) is 1. The number of aryl methyl sites for hydroxylation is 1. The van der Waals surface area contributed by atoms with Crippen LogP contribution in [-0.2, 0) is 7.05 Å². The maximum atomic E-state index is 14.0. The summed E-state index contributed by atoms with van der Waals surface area (Å²) in [5.74, 6) is -1.66. The smallest absolute Gasteiger partial charge is 0.258 e. The van der Waals surface area contributed by atoms with Gasteiger partial charge in [-0.25, -0.2) is 8.78 Å². The fraction of sp³-hybridized carbons (Fsp3) is 0.273. The van der Waals surface area contributed by atoms with Gasteiger partial charge >= 0.3 is 0 Å². The Morgan fingerprint density at radius 1 is 1.23 bits per heavy atom. The number of ether oxygens (including phenoxy) is 1. The molecule has 162 valence electrons. The van der Waals surface area contributed by atoms with Crippen molar-refractivity contribution < 1.29 is 18.3 Å². The van der Waals surface area contributed by atoms with Crippen LogP contribution in [0.25, 0.3) is 11.3 Å². The highest BCUT2D eigenvalue weighted by Gasteiger charge is 2.24. The number of anilines is 1. The summed E-state index contributed by atoms with van der Waals surface area (Å²) in [6.45, 7) is 1.79. The summed E-state index contributed by atoms with van der Waals surface area (Å²) in [4.78, 5) is 14.7. The Bertz CT molecular complexity index is 1120. The lowest BCUT2D eigenvalue weighted by Crippen LogP contribution is -2.21. The van der Waals surface area contributed by atoms with E-state index in [4.69, 9.17) is 4.74 Å². The fourth-order valence-corrected chi connectivity index (χ4v) is 4.21. The van der Waals surface area contributed by atoms with Crippen LogP contribution in [0.2, 0.25) is 0 Å². The maximum Gasteiger partial charge on any atom is 0.258 e. The molecular formula is C22H21BrF2N4O2. The van der Waals surface area contributed by atoms with Gasteiger partial charge in [-0.1, -0.05) is 0 Å². The second-order valence-electron chi connectivity index (χ2n) is 7.54. The topological polar surface area (TPSA) is 59.4 Å². The van der Waals surface area contributed by atoms with Gasteiger partial charge in [0.25, 0.3) is 5.91 Å². The minimum absolute atomic E-state index is 0.0597. The molecule has 4 rings (SSSR count). The molecule has 6 nitrogen and oxygen atoms in total. The summed E-state index contributed by atoms with van der Waals surface area (Å²) in [6, 6.07) is 8.08. The van der Waals surface area contributed by atoms with E-state index in [9.17, 15) is 13.6 Å². The summed E-state index contributed by atoms with van der Waals surface area (Å²) in [5.41, 5.74) is 1.73. The molecule has 1 aliphatic rings. The predicted octanol–water partition coefficient (Wildman–Crippen LogP) is 4.46. The Labute approximate surface area is 186 Å². The Balaban J connectivity index is 1.67. The Morgan fingerprint density at radius 3 is 2.68 bits per heavy atom. The van der Waals surface area contributed by atoms with Crippen molar-refractivity contribution in [1.82, 2.24) is 14.7 Å². The number of likely N-dealkylation sites (tertiary alicyclic amines) is 1. The molecule has 1 aliphatic heterocycles. The van der Waals surface area contributed by atoms with Gasteiger partial charge in [0.05, 0.1) is 21.9 Å². The molecule has 2 heterocycles. The van der Waals surface area contributed by atoms with E-state index in [0.717, 1.165) is 47.4 Å². The number of aromatic nitrogens is 2. The fourth-order valence-electron chi connectivity index (χ4n) is 3.65. The monoisotopic (exact) mass is 490 g/mol. The van der Waals surface area contributed by atoms with Gasteiger partial charge in [-0.2, -0.15) is 5.10 Å². The first-order valence-electron chi connectivity index (χ1n) is 9.75. The number of amides is 1. The number of halogens is 3. The van der Waals surface area contributed by atoms with E-state index in [1.807, 2.05) is 7.05 Å². The van der Waals surface area contributed by atoms with Crippen LogP contribution < -0.4 is 10.1 Å². The molecule has 1 atom stereocenters. The van der Waals surface area contributed by atoms with Crippen LogP contribution in [0.1, 0.15) is 16.8 Å². The highest BCUT2D eigenvalue weighted by atomic mass is 79.9. The summed E-state index contributed by atoms with van der Waals surface area (Å²) in [7, 11) is 3.86. The van der Waals surface area contributed by atoms with E-state index < -0.39 is 17.5 Å². The van der Waals surface area contributed by atoms with Gasteiger partial charge in [-0.3, -0.25) is 9.48 Å². The summed E-state index contributed by atoms with van der Waals surface area (Å²) >= 11 is 3.52. The number of hydrogen-bond donors (Lipinski definition) is 1.